The lowest BCUT2D eigenvalue weighted by Gasteiger charge is -2.30. The van der Waals surface area contributed by atoms with E-state index in [1.54, 1.807) is 6.07 Å². The molecule has 4 atom stereocenters. The normalized spacial score (nSPS) is 31.2. The molecular weight excluding hydrogens is 261 g/mol. The quantitative estimate of drug-likeness (QED) is 0.901. The Labute approximate surface area is 116 Å². The Morgan fingerprint density at radius 1 is 1.20 bits per heavy atom. The number of hydrogen-bond acceptors (Lipinski definition) is 3. The van der Waals surface area contributed by atoms with Gasteiger partial charge in [-0.05, 0) is 49.3 Å². The van der Waals surface area contributed by atoms with Gasteiger partial charge in [0, 0.05) is 23.5 Å². The molecular formula is C15H15FNO3-. The minimum Gasteiger partial charge on any atom is -0.550 e. The third-order valence-electron chi connectivity index (χ3n) is 4.58. The second-order valence-electron chi connectivity index (χ2n) is 5.70. The largest absolute Gasteiger partial charge is 0.550 e. The summed E-state index contributed by atoms with van der Waals surface area (Å²) in [4.78, 5) is 23.6. The minimum atomic E-state index is -1.14. The number of anilines is 1. The van der Waals surface area contributed by atoms with Crippen LogP contribution in [0, 0.1) is 29.5 Å². The molecule has 3 rings (SSSR count). The van der Waals surface area contributed by atoms with Crippen molar-refractivity contribution in [2.45, 2.75) is 19.3 Å². The van der Waals surface area contributed by atoms with E-state index in [1.807, 2.05) is 0 Å². The Morgan fingerprint density at radius 3 is 2.55 bits per heavy atom. The molecule has 1 N–H and O–H groups in total. The predicted octanol–water partition coefficient (Wildman–Crippen LogP) is 1.18. The van der Waals surface area contributed by atoms with Crippen molar-refractivity contribution in [2.24, 2.45) is 23.7 Å². The number of rotatable bonds is 3. The first-order valence-corrected chi connectivity index (χ1v) is 6.83. The molecule has 0 aliphatic heterocycles. The molecule has 0 spiro atoms. The Morgan fingerprint density at radius 2 is 1.90 bits per heavy atom. The molecule has 5 heteroatoms. The summed E-state index contributed by atoms with van der Waals surface area (Å²) in [6.07, 6.45) is 2.52. The second-order valence-corrected chi connectivity index (χ2v) is 5.70. The van der Waals surface area contributed by atoms with Crippen molar-refractivity contribution in [3.8, 4) is 0 Å². The number of halogens is 1. The van der Waals surface area contributed by atoms with Gasteiger partial charge in [0.1, 0.15) is 5.82 Å². The van der Waals surface area contributed by atoms with Crippen LogP contribution >= 0.6 is 0 Å². The van der Waals surface area contributed by atoms with Crippen molar-refractivity contribution in [3.63, 3.8) is 0 Å². The lowest BCUT2D eigenvalue weighted by atomic mass is 9.78. The minimum absolute atomic E-state index is 0.0493. The number of hydrogen-bond donors (Lipinski definition) is 1. The van der Waals surface area contributed by atoms with Gasteiger partial charge in [0.25, 0.3) is 0 Å². The number of carbonyl (C=O) groups is 2. The summed E-state index contributed by atoms with van der Waals surface area (Å²) >= 11 is 0. The van der Waals surface area contributed by atoms with Crippen LogP contribution in [0.25, 0.3) is 0 Å². The molecule has 2 aliphatic carbocycles. The first-order valence-electron chi connectivity index (χ1n) is 6.83. The zero-order valence-corrected chi connectivity index (χ0v) is 10.8. The van der Waals surface area contributed by atoms with Gasteiger partial charge in [-0.25, -0.2) is 4.39 Å². The number of nitrogens with one attached hydrogen (secondary N) is 1. The van der Waals surface area contributed by atoms with Crippen LogP contribution in [-0.2, 0) is 9.59 Å². The molecule has 2 bridgehead atoms. The van der Waals surface area contributed by atoms with Crippen molar-refractivity contribution in [3.05, 3.63) is 30.1 Å². The lowest BCUT2D eigenvalue weighted by molar-refractivity contribution is -0.314. The van der Waals surface area contributed by atoms with Crippen LogP contribution in [0.15, 0.2) is 24.3 Å². The van der Waals surface area contributed by atoms with Crippen LogP contribution in [0.4, 0.5) is 10.1 Å². The maximum Gasteiger partial charge on any atom is 0.228 e. The van der Waals surface area contributed by atoms with Gasteiger partial charge in [-0.15, -0.1) is 0 Å². The van der Waals surface area contributed by atoms with E-state index in [9.17, 15) is 19.1 Å². The Bertz CT molecular complexity index is 560. The van der Waals surface area contributed by atoms with Crippen molar-refractivity contribution >= 4 is 17.6 Å². The Balaban J connectivity index is 1.78. The first kappa shape index (κ1) is 13.1. The molecule has 106 valence electrons. The smallest absolute Gasteiger partial charge is 0.228 e. The zero-order valence-electron chi connectivity index (χ0n) is 10.8. The molecule has 20 heavy (non-hydrogen) atoms. The van der Waals surface area contributed by atoms with Gasteiger partial charge in [-0.3, -0.25) is 4.79 Å². The maximum absolute atomic E-state index is 13.1. The van der Waals surface area contributed by atoms with Crippen molar-refractivity contribution in [2.75, 3.05) is 5.32 Å². The highest BCUT2D eigenvalue weighted by Gasteiger charge is 2.51. The molecule has 0 aromatic heterocycles. The Hall–Kier alpha value is -1.91. The van der Waals surface area contributed by atoms with Gasteiger partial charge in [0.2, 0.25) is 5.91 Å². The fourth-order valence-electron chi connectivity index (χ4n) is 3.80. The molecule has 2 saturated carbocycles. The van der Waals surface area contributed by atoms with E-state index in [2.05, 4.69) is 5.32 Å². The van der Waals surface area contributed by atoms with E-state index in [-0.39, 0.29) is 17.7 Å². The summed E-state index contributed by atoms with van der Waals surface area (Å²) in [5.41, 5.74) is 0.356. The summed E-state index contributed by atoms with van der Waals surface area (Å²) in [5, 5.41) is 13.9. The van der Waals surface area contributed by atoms with Gasteiger partial charge in [-0.1, -0.05) is 6.07 Å². The highest BCUT2D eigenvalue weighted by Crippen LogP contribution is 2.52. The molecule has 0 unspecified atom stereocenters. The van der Waals surface area contributed by atoms with Crippen molar-refractivity contribution in [1.82, 2.24) is 0 Å². The second kappa shape index (κ2) is 4.89. The summed E-state index contributed by atoms with van der Waals surface area (Å²) in [6.45, 7) is 0. The number of carbonyl (C=O) groups excluding carboxylic acids is 2. The molecule has 1 aromatic carbocycles. The lowest BCUT2D eigenvalue weighted by Crippen LogP contribution is -2.43. The van der Waals surface area contributed by atoms with E-state index in [1.165, 1.54) is 18.2 Å². The summed E-state index contributed by atoms with van der Waals surface area (Å²) in [6, 6.07) is 5.60. The van der Waals surface area contributed by atoms with E-state index in [0.29, 0.717) is 5.69 Å². The maximum atomic E-state index is 13.1. The van der Waals surface area contributed by atoms with Crippen LogP contribution in [0.3, 0.4) is 0 Å². The van der Waals surface area contributed by atoms with Crippen LogP contribution in [0.5, 0.6) is 0 Å². The van der Waals surface area contributed by atoms with E-state index in [4.69, 9.17) is 0 Å². The van der Waals surface area contributed by atoms with E-state index < -0.39 is 23.6 Å². The summed E-state index contributed by atoms with van der Waals surface area (Å²) in [7, 11) is 0. The topological polar surface area (TPSA) is 69.2 Å². The van der Waals surface area contributed by atoms with Crippen LogP contribution in [0.1, 0.15) is 19.3 Å². The van der Waals surface area contributed by atoms with Crippen LogP contribution < -0.4 is 10.4 Å². The number of fused-ring (bicyclic) bond motifs is 2. The SMILES string of the molecule is O=C(Nc1cccc(F)c1)[C@@H]1[C@H]2CC[C@@H](C2)[C@@H]1C(=O)[O-]. The monoisotopic (exact) mass is 276 g/mol. The fourth-order valence-corrected chi connectivity index (χ4v) is 3.80. The summed E-state index contributed by atoms with van der Waals surface area (Å²) < 4.78 is 13.1. The standard InChI is InChI=1S/C15H16FNO3/c16-10-2-1-3-11(7-10)17-14(18)12-8-4-5-9(6-8)13(12)15(19)20/h1-3,7-9,12-13H,4-6H2,(H,17,18)(H,19,20)/p-1/t8-,9-,12+,13-/m0/s1. The first-order chi connectivity index (χ1) is 9.56. The van der Waals surface area contributed by atoms with Crippen LogP contribution in [0.2, 0.25) is 0 Å². The molecule has 0 heterocycles. The summed E-state index contributed by atoms with van der Waals surface area (Å²) in [5.74, 6) is -3.02. The Kier molecular flexibility index (Phi) is 3.20. The number of aliphatic carboxylic acids is 1. The molecule has 0 radical (unpaired) electrons. The third kappa shape index (κ3) is 2.17. The molecule has 2 aliphatic rings. The molecule has 2 fully saturated rings. The molecule has 0 saturated heterocycles. The van der Waals surface area contributed by atoms with Gasteiger partial charge in [0.15, 0.2) is 0 Å². The predicted molar refractivity (Wildman–Crippen MR) is 67.8 cm³/mol. The highest BCUT2D eigenvalue weighted by molar-refractivity contribution is 5.95. The number of carboxylic acids is 1. The average Bonchev–Trinajstić information content (AvgIpc) is 2.98. The van der Waals surface area contributed by atoms with E-state index in [0.717, 1.165) is 19.3 Å². The average molecular weight is 276 g/mol. The fraction of sp³-hybridized carbons (Fsp3) is 0.467. The number of carboxylic acid groups (broad SMARTS) is 1. The van der Waals surface area contributed by atoms with Crippen LogP contribution in [-0.4, -0.2) is 11.9 Å². The number of benzene rings is 1. The molecule has 1 aromatic rings. The van der Waals surface area contributed by atoms with Gasteiger partial charge >= 0.3 is 0 Å². The van der Waals surface area contributed by atoms with Crippen molar-refractivity contribution in [1.29, 1.82) is 0 Å². The molecule has 4 nitrogen and oxygen atoms in total. The third-order valence-corrected chi connectivity index (χ3v) is 4.58. The number of amides is 1. The van der Waals surface area contributed by atoms with Gasteiger partial charge in [0.05, 0.1) is 0 Å². The zero-order chi connectivity index (χ0) is 14.3. The van der Waals surface area contributed by atoms with Gasteiger partial charge < -0.3 is 15.2 Å². The van der Waals surface area contributed by atoms with E-state index >= 15 is 0 Å². The van der Waals surface area contributed by atoms with Gasteiger partial charge in [-0.2, -0.15) is 0 Å². The molecule has 1 amide bonds. The highest BCUT2D eigenvalue weighted by atomic mass is 19.1. The van der Waals surface area contributed by atoms with Crippen molar-refractivity contribution < 1.29 is 19.1 Å².